The Morgan fingerprint density at radius 2 is 1.23 bits per heavy atom. The zero-order valence-corrected chi connectivity index (χ0v) is 13.2. The van der Waals surface area contributed by atoms with Gasteiger partial charge in [-0.1, -0.05) is 24.3 Å². The summed E-state index contributed by atoms with van der Waals surface area (Å²) in [6.07, 6.45) is 5.06. The molecule has 0 bridgehead atoms. The number of aliphatic hydroxyl groups excluding tert-OH is 1. The molecule has 22 heavy (non-hydrogen) atoms. The first-order valence-electron chi connectivity index (χ1n) is 7.22. The Bertz CT molecular complexity index is 316. The Kier molecular flexibility index (Phi) is 13.9. The normalized spacial score (nSPS) is 14.8. The maximum Gasteiger partial charge on any atom is 0.115 e. The van der Waals surface area contributed by atoms with Crippen LogP contribution in [0.5, 0.6) is 0 Å². The molecule has 0 aliphatic heterocycles. The second kappa shape index (κ2) is 14.7. The van der Waals surface area contributed by atoms with Crippen LogP contribution in [0.1, 0.15) is 0 Å². The van der Waals surface area contributed by atoms with Crippen molar-refractivity contribution in [1.29, 1.82) is 0 Å². The van der Waals surface area contributed by atoms with Gasteiger partial charge in [-0.2, -0.15) is 0 Å². The van der Waals surface area contributed by atoms with Crippen molar-refractivity contribution in [1.82, 2.24) is 0 Å². The molecule has 0 aromatic rings. The fraction of sp³-hybridized carbons (Fsp3) is 0.529. The molecule has 0 aromatic carbocycles. The van der Waals surface area contributed by atoms with Gasteiger partial charge in [0.1, 0.15) is 18.3 Å². The van der Waals surface area contributed by atoms with Gasteiger partial charge in [0.15, 0.2) is 0 Å². The van der Waals surface area contributed by atoms with Crippen LogP contribution in [0.2, 0.25) is 0 Å². The van der Waals surface area contributed by atoms with E-state index >= 15 is 0 Å². The van der Waals surface area contributed by atoms with Gasteiger partial charge in [-0.25, -0.2) is 0 Å². The van der Waals surface area contributed by atoms with E-state index in [-0.39, 0.29) is 13.2 Å². The topological polar surface area (TPSA) is 57.2 Å². The summed E-state index contributed by atoms with van der Waals surface area (Å²) in [5.41, 5.74) is 0. The van der Waals surface area contributed by atoms with Crippen molar-refractivity contribution in [3.8, 4) is 0 Å². The highest BCUT2D eigenvalue weighted by Crippen LogP contribution is 2.14. The molecule has 0 heterocycles. The lowest BCUT2D eigenvalue weighted by molar-refractivity contribution is -0.152. The van der Waals surface area contributed by atoms with E-state index in [0.29, 0.717) is 26.4 Å². The SMILES string of the molecule is C=CCOC[C@H](OCC=C)[C@@H](OCC=C)[C@@H](CO)OCC=C. The van der Waals surface area contributed by atoms with Crippen molar-refractivity contribution in [2.45, 2.75) is 18.3 Å². The summed E-state index contributed by atoms with van der Waals surface area (Å²) in [6, 6.07) is 0. The maximum absolute atomic E-state index is 9.57. The van der Waals surface area contributed by atoms with Crippen LogP contribution in [-0.2, 0) is 18.9 Å². The quantitative estimate of drug-likeness (QED) is 0.348. The summed E-state index contributed by atoms with van der Waals surface area (Å²) in [5, 5.41) is 9.57. The third-order valence-electron chi connectivity index (χ3n) is 2.69. The van der Waals surface area contributed by atoms with Crippen LogP contribution >= 0.6 is 0 Å². The number of rotatable bonds is 16. The van der Waals surface area contributed by atoms with Crippen LogP contribution in [-0.4, -0.2) is 63.1 Å². The molecule has 0 rings (SSSR count). The maximum atomic E-state index is 9.57. The fourth-order valence-corrected chi connectivity index (χ4v) is 1.77. The largest absolute Gasteiger partial charge is 0.394 e. The summed E-state index contributed by atoms with van der Waals surface area (Å²) in [7, 11) is 0. The second-order valence-electron chi connectivity index (χ2n) is 4.42. The van der Waals surface area contributed by atoms with E-state index in [9.17, 15) is 5.11 Å². The summed E-state index contributed by atoms with van der Waals surface area (Å²) in [4.78, 5) is 0. The van der Waals surface area contributed by atoms with Gasteiger partial charge in [0.2, 0.25) is 0 Å². The zero-order chi connectivity index (χ0) is 16.6. The van der Waals surface area contributed by atoms with Crippen LogP contribution in [0.4, 0.5) is 0 Å². The number of ether oxygens (including phenoxy) is 4. The highest BCUT2D eigenvalue weighted by atomic mass is 16.6. The summed E-state index contributed by atoms with van der Waals surface area (Å²) < 4.78 is 22.5. The molecule has 126 valence electrons. The first-order valence-corrected chi connectivity index (χ1v) is 7.22. The molecule has 1 N–H and O–H groups in total. The van der Waals surface area contributed by atoms with E-state index in [4.69, 9.17) is 18.9 Å². The van der Waals surface area contributed by atoms with Gasteiger partial charge in [0.25, 0.3) is 0 Å². The predicted octanol–water partition coefficient (Wildman–Crippen LogP) is 1.89. The minimum atomic E-state index is -0.555. The standard InChI is InChI=1S/C17H28O5/c1-5-9-19-14-16(21-11-7-3)17(22-12-8-4)15(13-18)20-10-6-2/h5-8,15-18H,1-4,9-14H2/t15-,16+,17+/m1/s1. The first kappa shape index (κ1) is 20.8. The number of aliphatic hydroxyl groups is 1. The molecule has 0 spiro atoms. The van der Waals surface area contributed by atoms with E-state index < -0.39 is 18.3 Å². The van der Waals surface area contributed by atoms with Crippen LogP contribution in [0, 0.1) is 0 Å². The highest BCUT2D eigenvalue weighted by molar-refractivity contribution is 4.84. The number of hydrogen-bond donors (Lipinski definition) is 1. The van der Waals surface area contributed by atoms with Gasteiger partial charge in [-0.05, 0) is 0 Å². The lowest BCUT2D eigenvalue weighted by Gasteiger charge is -2.32. The van der Waals surface area contributed by atoms with Crippen molar-refractivity contribution in [2.75, 3.05) is 39.6 Å². The van der Waals surface area contributed by atoms with Gasteiger partial charge in [-0.3, -0.25) is 0 Å². The fourth-order valence-electron chi connectivity index (χ4n) is 1.77. The average Bonchev–Trinajstić information content (AvgIpc) is 2.54. The van der Waals surface area contributed by atoms with Crippen LogP contribution in [0.25, 0.3) is 0 Å². The predicted molar refractivity (Wildman–Crippen MR) is 87.9 cm³/mol. The van der Waals surface area contributed by atoms with Gasteiger partial charge < -0.3 is 24.1 Å². The van der Waals surface area contributed by atoms with Crippen molar-refractivity contribution in [3.05, 3.63) is 50.6 Å². The molecule has 0 aliphatic rings. The first-order chi connectivity index (χ1) is 10.7. The van der Waals surface area contributed by atoms with E-state index in [1.54, 1.807) is 24.3 Å². The molecule has 0 fully saturated rings. The van der Waals surface area contributed by atoms with Gasteiger partial charge in [-0.15, -0.1) is 26.3 Å². The summed E-state index contributed by atoms with van der Waals surface area (Å²) in [5.74, 6) is 0. The van der Waals surface area contributed by atoms with Crippen molar-refractivity contribution < 1.29 is 24.1 Å². The molecule has 5 heteroatoms. The molecule has 0 radical (unpaired) electrons. The molecule has 0 aliphatic carbocycles. The van der Waals surface area contributed by atoms with E-state index in [2.05, 4.69) is 26.3 Å². The minimum absolute atomic E-state index is 0.203. The Hall–Kier alpha value is -1.24. The van der Waals surface area contributed by atoms with Crippen LogP contribution in [0.3, 0.4) is 0 Å². The molecule has 5 nitrogen and oxygen atoms in total. The van der Waals surface area contributed by atoms with E-state index in [1.165, 1.54) is 0 Å². The molecular formula is C17H28O5. The summed E-state index contributed by atoms with van der Waals surface area (Å²) >= 11 is 0. The lowest BCUT2D eigenvalue weighted by atomic mass is 10.1. The molecular weight excluding hydrogens is 284 g/mol. The average molecular weight is 312 g/mol. The van der Waals surface area contributed by atoms with Crippen molar-refractivity contribution in [3.63, 3.8) is 0 Å². The third-order valence-corrected chi connectivity index (χ3v) is 2.69. The Morgan fingerprint density at radius 3 is 1.73 bits per heavy atom. The van der Waals surface area contributed by atoms with Gasteiger partial charge >= 0.3 is 0 Å². The molecule has 0 saturated heterocycles. The Balaban J connectivity index is 4.94. The summed E-state index contributed by atoms with van der Waals surface area (Å²) in [6.45, 7) is 15.9. The third kappa shape index (κ3) is 8.92. The monoisotopic (exact) mass is 312 g/mol. The molecule has 0 saturated carbocycles. The molecule has 0 amide bonds. The molecule has 3 atom stereocenters. The Morgan fingerprint density at radius 1 is 0.727 bits per heavy atom. The smallest absolute Gasteiger partial charge is 0.115 e. The van der Waals surface area contributed by atoms with E-state index in [0.717, 1.165) is 0 Å². The van der Waals surface area contributed by atoms with Gasteiger partial charge in [0, 0.05) is 0 Å². The van der Waals surface area contributed by atoms with Crippen LogP contribution < -0.4 is 0 Å². The Labute approximate surface area is 133 Å². The minimum Gasteiger partial charge on any atom is -0.394 e. The van der Waals surface area contributed by atoms with Crippen LogP contribution in [0.15, 0.2) is 50.6 Å². The second-order valence-corrected chi connectivity index (χ2v) is 4.42. The van der Waals surface area contributed by atoms with Gasteiger partial charge in [0.05, 0.1) is 39.6 Å². The highest BCUT2D eigenvalue weighted by Gasteiger charge is 2.31. The molecule has 0 unspecified atom stereocenters. The van der Waals surface area contributed by atoms with E-state index in [1.807, 2.05) is 0 Å². The van der Waals surface area contributed by atoms with Crippen molar-refractivity contribution in [2.24, 2.45) is 0 Å². The number of hydrogen-bond acceptors (Lipinski definition) is 5. The molecule has 0 aromatic heterocycles. The lowest BCUT2D eigenvalue weighted by Crippen LogP contribution is -2.47. The van der Waals surface area contributed by atoms with Crippen molar-refractivity contribution >= 4 is 0 Å². The zero-order valence-electron chi connectivity index (χ0n) is 13.2.